The lowest BCUT2D eigenvalue weighted by Crippen LogP contribution is -2.62. The number of hydrogen-bond acceptors (Lipinski definition) is 8. The number of amides is 5. The van der Waals surface area contributed by atoms with Crippen molar-refractivity contribution in [3.8, 4) is 0 Å². The van der Waals surface area contributed by atoms with Gasteiger partial charge in [-0.15, -0.1) is 0 Å². The average molecular weight is 634 g/mol. The minimum absolute atomic E-state index is 0.0602. The minimum Gasteiger partial charge on any atom is -0.432 e. The zero-order valence-corrected chi connectivity index (χ0v) is 27.9. The molecule has 0 aromatic heterocycles. The van der Waals surface area contributed by atoms with Gasteiger partial charge in [0.15, 0.2) is 0 Å². The van der Waals surface area contributed by atoms with Gasteiger partial charge >= 0.3 is 12.2 Å². The maximum absolute atomic E-state index is 14.2. The zero-order chi connectivity index (χ0) is 34.0. The first-order chi connectivity index (χ1) is 20.7. The Morgan fingerprint density at radius 2 is 1.67 bits per heavy atom. The summed E-state index contributed by atoms with van der Waals surface area (Å²) in [5.41, 5.74) is 4.36. The molecule has 1 heterocycles. The van der Waals surface area contributed by atoms with Crippen LogP contribution in [-0.4, -0.2) is 77.9 Å². The summed E-state index contributed by atoms with van der Waals surface area (Å²) < 4.78 is 9.92. The van der Waals surface area contributed by atoms with Crippen molar-refractivity contribution < 1.29 is 38.2 Å². The number of hydrogen-bond donors (Lipinski definition) is 4. The second kappa shape index (κ2) is 13.8. The summed E-state index contributed by atoms with van der Waals surface area (Å²) in [5, 5.41) is 8.34. The van der Waals surface area contributed by atoms with Gasteiger partial charge in [0, 0.05) is 6.54 Å². The molecule has 5 N–H and O–H groups in total. The molecule has 13 heteroatoms. The monoisotopic (exact) mass is 633 g/mol. The second-order valence-corrected chi connectivity index (χ2v) is 14.8. The largest absolute Gasteiger partial charge is 0.513 e. The third-order valence-electron chi connectivity index (χ3n) is 9.58. The van der Waals surface area contributed by atoms with Gasteiger partial charge in [0.2, 0.25) is 17.6 Å². The van der Waals surface area contributed by atoms with Crippen LogP contribution < -0.4 is 21.7 Å². The first-order valence-corrected chi connectivity index (χ1v) is 15.8. The quantitative estimate of drug-likeness (QED) is 0.135. The average Bonchev–Trinajstić information content (AvgIpc) is 3.20. The van der Waals surface area contributed by atoms with Crippen LogP contribution in [0, 0.1) is 34.5 Å². The molecule has 45 heavy (non-hydrogen) atoms. The van der Waals surface area contributed by atoms with E-state index in [1.807, 2.05) is 48.5 Å². The molecule has 5 amide bonds. The van der Waals surface area contributed by atoms with Gasteiger partial charge in [-0.1, -0.05) is 74.3 Å². The van der Waals surface area contributed by atoms with Gasteiger partial charge in [-0.3, -0.25) is 19.2 Å². The topological polar surface area (TPSA) is 186 Å². The maximum Gasteiger partial charge on any atom is 0.513 e. The third kappa shape index (κ3) is 8.55. The lowest BCUT2D eigenvalue weighted by Gasteiger charge is -2.38. The van der Waals surface area contributed by atoms with E-state index < -0.39 is 65.3 Å². The van der Waals surface area contributed by atoms with Crippen molar-refractivity contribution in [1.82, 2.24) is 20.9 Å². The molecule has 1 aliphatic heterocycles. The highest BCUT2D eigenvalue weighted by molar-refractivity contribution is 6.37. The van der Waals surface area contributed by atoms with Crippen LogP contribution in [-0.2, 0) is 28.7 Å². The number of piperidine rings is 1. The Labute approximate surface area is 265 Å². The third-order valence-corrected chi connectivity index (χ3v) is 9.58. The van der Waals surface area contributed by atoms with E-state index in [1.54, 1.807) is 0 Å². The van der Waals surface area contributed by atoms with E-state index in [0.29, 0.717) is 13.0 Å². The van der Waals surface area contributed by atoms with Crippen LogP contribution >= 0.6 is 0 Å². The number of carbonyl (C=O) groups excluding carboxylic acids is 6. The van der Waals surface area contributed by atoms with Crippen molar-refractivity contribution >= 4 is 35.7 Å². The van der Waals surface area contributed by atoms with Crippen molar-refractivity contribution in [3.63, 3.8) is 0 Å². The predicted molar refractivity (Wildman–Crippen MR) is 165 cm³/mol. The van der Waals surface area contributed by atoms with E-state index in [1.165, 1.54) is 11.8 Å². The van der Waals surface area contributed by atoms with E-state index in [2.05, 4.69) is 22.5 Å². The Bertz CT molecular complexity index is 1200. The fourth-order valence-corrected chi connectivity index (χ4v) is 6.42. The number of rotatable bonds is 13. The van der Waals surface area contributed by atoms with Crippen LogP contribution in [0.25, 0.3) is 0 Å². The smallest absolute Gasteiger partial charge is 0.432 e. The molecule has 0 bridgehead atoms. The number of nitrogens with zero attached hydrogens (tertiary/aromatic N) is 1. The predicted octanol–water partition coefficient (Wildman–Crippen LogP) is 2.62. The van der Waals surface area contributed by atoms with E-state index in [0.717, 1.165) is 19.3 Å². The number of nitrogens with two attached hydrogens (primary N) is 1. The van der Waals surface area contributed by atoms with Crippen LogP contribution in [0.4, 0.5) is 9.59 Å². The van der Waals surface area contributed by atoms with Crippen molar-refractivity contribution in [2.75, 3.05) is 13.2 Å². The van der Waals surface area contributed by atoms with Crippen molar-refractivity contribution in [1.29, 1.82) is 0 Å². The summed E-state index contributed by atoms with van der Waals surface area (Å²) in [4.78, 5) is 79.1. The fraction of sp³-hybridized carbons (Fsp3) is 0.750. The highest BCUT2D eigenvalue weighted by Gasteiger charge is 2.70. The Hall–Kier alpha value is -3.64. The summed E-state index contributed by atoms with van der Waals surface area (Å²) in [6.07, 6.45) is 2.23. The van der Waals surface area contributed by atoms with Gasteiger partial charge in [0.1, 0.15) is 24.4 Å². The summed E-state index contributed by atoms with van der Waals surface area (Å²) in [7, 11) is 0. The molecule has 0 spiro atoms. The normalized spacial score (nSPS) is 23.8. The second-order valence-electron chi connectivity index (χ2n) is 14.8. The van der Waals surface area contributed by atoms with Crippen LogP contribution in [0.5, 0.6) is 0 Å². The molecule has 3 aliphatic rings. The molecule has 3 fully saturated rings. The summed E-state index contributed by atoms with van der Waals surface area (Å²) >= 11 is 0. The standard InChI is InChI=1S/C32H51N5O8/c1-16(2)21(15-44-30(43)45-17(3)4)35-29(42)36-25(31(5,6)7)28(41)37-14-19-22(32(19,8)9)23(37)27(40)34-20(24(38)26(33)39)13-18-11-10-12-18/h16,18-23,25H,3,10-15H2,1-2,4-9H3,(H2,33,39)(H,34,40)(H2,35,36,42)/t19-,20?,21+,22-,23-,25?/m0/s1. The number of primary amides is 1. The van der Waals surface area contributed by atoms with Gasteiger partial charge < -0.3 is 36.1 Å². The first kappa shape index (κ1) is 35.8. The Morgan fingerprint density at radius 1 is 1.04 bits per heavy atom. The van der Waals surface area contributed by atoms with Gasteiger partial charge in [0.05, 0.1) is 12.1 Å². The van der Waals surface area contributed by atoms with E-state index >= 15 is 0 Å². The molecule has 0 radical (unpaired) electrons. The van der Waals surface area contributed by atoms with Crippen LogP contribution in [0.3, 0.4) is 0 Å². The molecule has 3 rings (SSSR count). The summed E-state index contributed by atoms with van der Waals surface area (Å²) in [5.74, 6) is -2.72. The molecule has 13 nitrogen and oxygen atoms in total. The minimum atomic E-state index is -1.11. The number of nitrogens with one attached hydrogen (secondary N) is 3. The Kier molecular flexibility index (Phi) is 11.0. The highest BCUT2D eigenvalue weighted by Crippen LogP contribution is 2.65. The van der Waals surface area contributed by atoms with Gasteiger partial charge in [-0.05, 0) is 47.8 Å². The van der Waals surface area contributed by atoms with Crippen molar-refractivity contribution in [3.05, 3.63) is 12.3 Å². The van der Waals surface area contributed by atoms with Crippen LogP contribution in [0.2, 0.25) is 0 Å². The first-order valence-electron chi connectivity index (χ1n) is 15.8. The fourth-order valence-electron chi connectivity index (χ4n) is 6.42. The Morgan fingerprint density at radius 3 is 2.16 bits per heavy atom. The van der Waals surface area contributed by atoms with E-state index in [-0.39, 0.29) is 41.5 Å². The molecule has 2 aliphatic carbocycles. The Balaban J connectivity index is 1.77. The summed E-state index contributed by atoms with van der Waals surface area (Å²) in [6.45, 7) is 18.3. The SMILES string of the molecule is C=C(C)OC(=O)OC[C@@H](NC(=O)NC(C(=O)N1C[C@H]2[C@@H]([C@H]1C(=O)NC(CC1CCC1)C(=O)C(N)=O)C2(C)C)C(C)(C)C)C(C)C. The number of ketones is 1. The van der Waals surface area contributed by atoms with Gasteiger partial charge in [-0.25, -0.2) is 9.59 Å². The number of allylic oxidation sites excluding steroid dienone is 1. The molecule has 0 aromatic carbocycles. The maximum atomic E-state index is 14.2. The number of carbonyl (C=O) groups is 6. The van der Waals surface area contributed by atoms with Crippen molar-refractivity contribution in [2.24, 2.45) is 40.2 Å². The number of fused-ring (bicyclic) bond motifs is 1. The van der Waals surface area contributed by atoms with E-state index in [9.17, 15) is 28.8 Å². The van der Waals surface area contributed by atoms with Crippen LogP contribution in [0.15, 0.2) is 12.3 Å². The molecular formula is C32H51N5O8. The number of Topliss-reactive ketones (excluding diaryl/α,β-unsaturated/α-hetero) is 1. The van der Waals surface area contributed by atoms with Crippen molar-refractivity contribution in [2.45, 2.75) is 105 Å². The zero-order valence-electron chi connectivity index (χ0n) is 27.9. The van der Waals surface area contributed by atoms with Gasteiger partial charge in [0.25, 0.3) is 5.91 Å². The number of urea groups is 1. The molecule has 0 aromatic rings. The van der Waals surface area contributed by atoms with Gasteiger partial charge in [-0.2, -0.15) is 0 Å². The molecule has 2 saturated carbocycles. The molecule has 6 atom stereocenters. The lowest BCUT2D eigenvalue weighted by molar-refractivity contribution is -0.145. The molecular weight excluding hydrogens is 582 g/mol. The molecule has 1 saturated heterocycles. The highest BCUT2D eigenvalue weighted by atomic mass is 16.7. The number of likely N-dealkylation sites (tertiary alicyclic amines) is 1. The van der Waals surface area contributed by atoms with E-state index in [4.69, 9.17) is 15.2 Å². The summed E-state index contributed by atoms with van der Waals surface area (Å²) in [6, 6.07) is -4.19. The lowest BCUT2D eigenvalue weighted by atomic mass is 9.80. The molecule has 2 unspecified atom stereocenters. The molecule has 252 valence electrons. The number of ether oxygens (including phenoxy) is 2. The van der Waals surface area contributed by atoms with Crippen LogP contribution in [0.1, 0.15) is 81.1 Å².